The van der Waals surface area contributed by atoms with Crippen molar-refractivity contribution in [2.45, 2.75) is 162 Å². The molecular formula is C38H68N4O3. The van der Waals surface area contributed by atoms with Crippen LogP contribution in [0.1, 0.15) is 155 Å². The molecule has 0 unspecified atom stereocenters. The Morgan fingerprint density at radius 3 is 1.64 bits per heavy atom. The Bertz CT molecular complexity index is 901. The molecule has 0 aliphatic rings. The Morgan fingerprint density at radius 2 is 1.13 bits per heavy atom. The molecule has 1 aromatic rings. The molecule has 0 radical (unpaired) electrons. The molecule has 0 aliphatic heterocycles. The standard InChI is InChI=1S/C38H68N4O3/c1-6-7-8-9-10-11-15-18-21-24-37(44)41-35(30-32(2)3)38(45)39-29-22-19-16-13-12-14-17-20-23-36(43)40-31-33-25-27-34(28-26-33)42(4)5/h25-28,32,35H,6-24,29-31H2,1-5H3,(H,39,45)(H,40,43)(H,41,44)/t35-/m0/s1. The van der Waals surface area contributed by atoms with Gasteiger partial charge in [0, 0.05) is 45.7 Å². The molecule has 0 saturated heterocycles. The largest absolute Gasteiger partial charge is 0.378 e. The summed E-state index contributed by atoms with van der Waals surface area (Å²) < 4.78 is 0. The Labute approximate surface area is 276 Å². The van der Waals surface area contributed by atoms with E-state index in [-0.39, 0.29) is 17.7 Å². The van der Waals surface area contributed by atoms with Crippen molar-refractivity contribution in [1.82, 2.24) is 16.0 Å². The third-order valence-electron chi connectivity index (χ3n) is 8.44. The van der Waals surface area contributed by atoms with Crippen molar-refractivity contribution in [3.8, 4) is 0 Å². The van der Waals surface area contributed by atoms with Gasteiger partial charge in [-0.25, -0.2) is 0 Å². The molecule has 0 saturated carbocycles. The summed E-state index contributed by atoms with van der Waals surface area (Å²) in [5.41, 5.74) is 2.28. The van der Waals surface area contributed by atoms with Gasteiger partial charge in [0.25, 0.3) is 0 Å². The van der Waals surface area contributed by atoms with Gasteiger partial charge in [-0.1, -0.05) is 123 Å². The summed E-state index contributed by atoms with van der Waals surface area (Å²) in [6.45, 7) is 7.67. The van der Waals surface area contributed by atoms with Gasteiger partial charge in [0.1, 0.15) is 6.04 Å². The third-order valence-corrected chi connectivity index (χ3v) is 8.44. The van der Waals surface area contributed by atoms with Crippen LogP contribution in [0.15, 0.2) is 24.3 Å². The van der Waals surface area contributed by atoms with Gasteiger partial charge in [0.15, 0.2) is 0 Å². The number of carbonyl (C=O) groups excluding carboxylic acids is 3. The van der Waals surface area contributed by atoms with Gasteiger partial charge < -0.3 is 20.9 Å². The van der Waals surface area contributed by atoms with Gasteiger partial charge in [-0.2, -0.15) is 0 Å². The van der Waals surface area contributed by atoms with E-state index in [1.54, 1.807) is 0 Å². The lowest BCUT2D eigenvalue weighted by atomic mass is 10.0. The van der Waals surface area contributed by atoms with Crippen LogP contribution in [0.5, 0.6) is 0 Å². The monoisotopic (exact) mass is 629 g/mol. The van der Waals surface area contributed by atoms with E-state index in [0.717, 1.165) is 62.6 Å². The van der Waals surface area contributed by atoms with Crippen molar-refractivity contribution in [1.29, 1.82) is 0 Å². The maximum absolute atomic E-state index is 12.8. The molecule has 1 atom stereocenters. The Morgan fingerprint density at radius 1 is 0.644 bits per heavy atom. The van der Waals surface area contributed by atoms with Crippen LogP contribution in [0, 0.1) is 5.92 Å². The van der Waals surface area contributed by atoms with Gasteiger partial charge in [-0.15, -0.1) is 0 Å². The summed E-state index contributed by atoms with van der Waals surface area (Å²) in [5.74, 6) is 0.429. The number of anilines is 1. The van der Waals surface area contributed by atoms with E-state index in [1.165, 1.54) is 57.8 Å². The lowest BCUT2D eigenvalue weighted by Gasteiger charge is -2.20. The number of nitrogens with one attached hydrogen (secondary N) is 3. The minimum atomic E-state index is -0.437. The van der Waals surface area contributed by atoms with Crippen LogP contribution < -0.4 is 20.9 Å². The van der Waals surface area contributed by atoms with Crippen LogP contribution in [0.25, 0.3) is 0 Å². The number of amides is 3. The fraction of sp³-hybridized carbons (Fsp3) is 0.763. The maximum atomic E-state index is 12.8. The second-order valence-electron chi connectivity index (χ2n) is 13.5. The van der Waals surface area contributed by atoms with Crippen LogP contribution in [0.2, 0.25) is 0 Å². The SMILES string of the molecule is CCCCCCCCCCCC(=O)N[C@@H](CC(C)C)C(=O)NCCCCCCCCCCC(=O)NCc1ccc(N(C)C)cc1. The number of benzene rings is 1. The lowest BCUT2D eigenvalue weighted by molar-refractivity contribution is -0.129. The molecule has 0 aliphatic carbocycles. The number of hydrogen-bond acceptors (Lipinski definition) is 4. The highest BCUT2D eigenvalue weighted by Crippen LogP contribution is 2.14. The van der Waals surface area contributed by atoms with Crippen molar-refractivity contribution in [2.75, 3.05) is 25.5 Å². The number of carbonyl (C=O) groups is 3. The van der Waals surface area contributed by atoms with Crippen molar-refractivity contribution in [2.24, 2.45) is 5.92 Å². The molecular weight excluding hydrogens is 560 g/mol. The molecule has 0 aromatic heterocycles. The first-order valence-corrected chi connectivity index (χ1v) is 18.3. The predicted molar refractivity (Wildman–Crippen MR) is 190 cm³/mol. The number of unbranched alkanes of at least 4 members (excludes halogenated alkanes) is 15. The molecule has 7 nitrogen and oxygen atoms in total. The van der Waals surface area contributed by atoms with E-state index < -0.39 is 6.04 Å². The molecule has 1 aromatic carbocycles. The second-order valence-corrected chi connectivity index (χ2v) is 13.5. The molecule has 0 heterocycles. The first-order valence-electron chi connectivity index (χ1n) is 18.3. The zero-order valence-corrected chi connectivity index (χ0v) is 29.7. The average molecular weight is 629 g/mol. The van der Waals surface area contributed by atoms with Gasteiger partial charge in [0.2, 0.25) is 17.7 Å². The minimum Gasteiger partial charge on any atom is -0.378 e. The van der Waals surface area contributed by atoms with Crippen LogP contribution in [0.3, 0.4) is 0 Å². The van der Waals surface area contributed by atoms with E-state index in [4.69, 9.17) is 0 Å². The van der Waals surface area contributed by atoms with E-state index >= 15 is 0 Å². The molecule has 7 heteroatoms. The number of nitrogens with zero attached hydrogens (tertiary/aromatic N) is 1. The smallest absolute Gasteiger partial charge is 0.242 e. The van der Waals surface area contributed by atoms with Gasteiger partial charge in [0.05, 0.1) is 0 Å². The topological polar surface area (TPSA) is 90.5 Å². The quantitative estimate of drug-likeness (QED) is 0.0813. The van der Waals surface area contributed by atoms with E-state index in [1.807, 2.05) is 14.1 Å². The molecule has 258 valence electrons. The Kier molecular flexibility index (Phi) is 23.9. The molecule has 1 rings (SSSR count). The van der Waals surface area contributed by atoms with Crippen LogP contribution in [0.4, 0.5) is 5.69 Å². The Balaban J connectivity index is 2.05. The summed E-state index contributed by atoms with van der Waals surface area (Å²) in [6, 6.07) is 7.83. The maximum Gasteiger partial charge on any atom is 0.242 e. The highest BCUT2D eigenvalue weighted by atomic mass is 16.2. The van der Waals surface area contributed by atoms with E-state index in [2.05, 4.69) is 65.9 Å². The summed E-state index contributed by atoms with van der Waals surface area (Å²) in [6.07, 6.45) is 21.6. The first-order chi connectivity index (χ1) is 21.7. The second kappa shape index (κ2) is 26.6. The van der Waals surface area contributed by atoms with Gasteiger partial charge in [-0.3, -0.25) is 14.4 Å². The summed E-state index contributed by atoms with van der Waals surface area (Å²) >= 11 is 0. The predicted octanol–water partition coefficient (Wildman–Crippen LogP) is 8.45. The molecule has 3 amide bonds. The van der Waals surface area contributed by atoms with Gasteiger partial charge >= 0.3 is 0 Å². The fourth-order valence-corrected chi connectivity index (χ4v) is 5.57. The minimum absolute atomic E-state index is 0.00497. The number of rotatable bonds is 28. The van der Waals surface area contributed by atoms with Crippen molar-refractivity contribution < 1.29 is 14.4 Å². The fourth-order valence-electron chi connectivity index (χ4n) is 5.57. The molecule has 3 N–H and O–H groups in total. The van der Waals surface area contributed by atoms with Crippen molar-refractivity contribution >= 4 is 23.4 Å². The van der Waals surface area contributed by atoms with Gasteiger partial charge in [-0.05, 0) is 49.3 Å². The zero-order valence-electron chi connectivity index (χ0n) is 29.7. The average Bonchev–Trinajstić information content (AvgIpc) is 3.01. The summed E-state index contributed by atoms with van der Waals surface area (Å²) in [7, 11) is 4.04. The summed E-state index contributed by atoms with van der Waals surface area (Å²) in [4.78, 5) is 39.6. The highest BCUT2D eigenvalue weighted by Gasteiger charge is 2.21. The highest BCUT2D eigenvalue weighted by molar-refractivity contribution is 5.87. The van der Waals surface area contributed by atoms with Crippen LogP contribution in [-0.4, -0.2) is 44.4 Å². The third kappa shape index (κ3) is 22.6. The molecule has 0 fully saturated rings. The molecule has 0 spiro atoms. The van der Waals surface area contributed by atoms with Crippen molar-refractivity contribution in [3.63, 3.8) is 0 Å². The molecule has 45 heavy (non-hydrogen) atoms. The van der Waals surface area contributed by atoms with Crippen LogP contribution in [-0.2, 0) is 20.9 Å². The normalized spacial score (nSPS) is 11.8. The Hall–Kier alpha value is -2.57. The molecule has 0 bridgehead atoms. The van der Waals surface area contributed by atoms with Crippen molar-refractivity contribution in [3.05, 3.63) is 29.8 Å². The van der Waals surface area contributed by atoms with E-state index in [9.17, 15) is 14.4 Å². The van der Waals surface area contributed by atoms with E-state index in [0.29, 0.717) is 38.3 Å². The number of hydrogen-bond donors (Lipinski definition) is 3. The van der Waals surface area contributed by atoms with Crippen LogP contribution >= 0.6 is 0 Å². The first kappa shape index (κ1) is 40.5. The summed E-state index contributed by atoms with van der Waals surface area (Å²) in [5, 5.41) is 9.10. The zero-order chi connectivity index (χ0) is 33.1. The lowest BCUT2D eigenvalue weighted by Crippen LogP contribution is -2.47.